The number of aryl methyl sites for hydroxylation is 1. The van der Waals surface area contributed by atoms with Crippen LogP contribution < -0.4 is 10.1 Å². The molecule has 1 saturated heterocycles. The normalized spacial score (nSPS) is 17.3. The van der Waals surface area contributed by atoms with E-state index >= 15 is 0 Å². The Balaban J connectivity index is 1.50. The van der Waals surface area contributed by atoms with E-state index in [2.05, 4.69) is 10.5 Å². The lowest BCUT2D eigenvalue weighted by Crippen LogP contribution is -2.43. The molecule has 0 bridgehead atoms. The quantitative estimate of drug-likeness (QED) is 0.534. The van der Waals surface area contributed by atoms with Gasteiger partial charge in [0.2, 0.25) is 15.9 Å². The molecule has 0 radical (unpaired) electrons. The van der Waals surface area contributed by atoms with Gasteiger partial charge >= 0.3 is 0 Å². The van der Waals surface area contributed by atoms with Gasteiger partial charge in [-0.3, -0.25) is 4.79 Å². The van der Waals surface area contributed by atoms with Gasteiger partial charge in [0.25, 0.3) is 0 Å². The van der Waals surface area contributed by atoms with E-state index in [0.29, 0.717) is 36.5 Å². The van der Waals surface area contributed by atoms with Crippen molar-refractivity contribution in [3.63, 3.8) is 0 Å². The molecule has 0 unspecified atom stereocenters. The van der Waals surface area contributed by atoms with Gasteiger partial charge in [0, 0.05) is 23.7 Å². The summed E-state index contributed by atoms with van der Waals surface area (Å²) in [5.41, 5.74) is 0.933. The summed E-state index contributed by atoms with van der Waals surface area (Å²) in [6.07, 6.45) is 4.62. The first-order valence-corrected chi connectivity index (χ1v) is 12.8. The average Bonchev–Trinajstić information content (AvgIpc) is 3.48. The zero-order valence-electron chi connectivity index (χ0n) is 18.4. The number of aromatic nitrogens is 1. The van der Waals surface area contributed by atoms with E-state index in [1.54, 1.807) is 50.5 Å². The molecular formula is C23H25N3O5S2. The summed E-state index contributed by atoms with van der Waals surface area (Å²) >= 11 is 1.54. The lowest BCUT2D eigenvalue weighted by atomic mass is 9.99. The molecule has 2 aromatic heterocycles. The van der Waals surface area contributed by atoms with Gasteiger partial charge in [-0.05, 0) is 67.6 Å². The summed E-state index contributed by atoms with van der Waals surface area (Å²) in [5.74, 6) is 0.211. The predicted molar refractivity (Wildman–Crippen MR) is 128 cm³/mol. The summed E-state index contributed by atoms with van der Waals surface area (Å²) in [6, 6.07) is 10.9. The maximum atomic E-state index is 13.5. The molecule has 10 heteroatoms. The van der Waals surface area contributed by atoms with E-state index in [9.17, 15) is 13.2 Å². The van der Waals surface area contributed by atoms with Crippen molar-refractivity contribution >= 4 is 45.1 Å². The van der Waals surface area contributed by atoms with Crippen LogP contribution in [-0.2, 0) is 14.8 Å². The minimum absolute atomic E-state index is 0.0477. The highest BCUT2D eigenvalue weighted by Gasteiger charge is 2.37. The average molecular weight is 488 g/mol. The van der Waals surface area contributed by atoms with E-state index in [1.165, 1.54) is 15.6 Å². The number of amides is 1. The SMILES string of the molecule is COc1ccc(NC(=O)[C@@H]2CCCN(S(=O)(=O)c3c(C)noc3/C=C/c3cccs3)C2)cc1. The fourth-order valence-corrected chi connectivity index (χ4v) is 6.16. The zero-order chi connectivity index (χ0) is 23.4. The fraction of sp³-hybridized carbons (Fsp3) is 0.304. The third-order valence-electron chi connectivity index (χ3n) is 5.49. The second-order valence-corrected chi connectivity index (χ2v) is 10.6. The molecule has 1 atom stereocenters. The highest BCUT2D eigenvalue weighted by molar-refractivity contribution is 7.89. The molecule has 3 aromatic rings. The Morgan fingerprint density at radius 2 is 2.06 bits per heavy atom. The number of rotatable bonds is 7. The van der Waals surface area contributed by atoms with Crippen LogP contribution in [0, 0.1) is 12.8 Å². The summed E-state index contributed by atoms with van der Waals surface area (Å²) in [4.78, 5) is 13.9. The van der Waals surface area contributed by atoms with Gasteiger partial charge in [-0.15, -0.1) is 11.3 Å². The van der Waals surface area contributed by atoms with Crippen molar-refractivity contribution in [3.8, 4) is 5.75 Å². The number of nitrogens with one attached hydrogen (secondary N) is 1. The van der Waals surface area contributed by atoms with Gasteiger partial charge < -0.3 is 14.6 Å². The van der Waals surface area contributed by atoms with Crippen LogP contribution in [0.25, 0.3) is 12.2 Å². The molecule has 1 fully saturated rings. The number of benzene rings is 1. The van der Waals surface area contributed by atoms with Crippen LogP contribution >= 0.6 is 11.3 Å². The van der Waals surface area contributed by atoms with Crippen molar-refractivity contribution in [2.45, 2.75) is 24.7 Å². The number of hydrogen-bond acceptors (Lipinski definition) is 7. The maximum absolute atomic E-state index is 13.5. The number of anilines is 1. The van der Waals surface area contributed by atoms with Crippen molar-refractivity contribution in [1.82, 2.24) is 9.46 Å². The fourth-order valence-electron chi connectivity index (χ4n) is 3.77. The smallest absolute Gasteiger partial charge is 0.248 e. The second-order valence-electron chi connectivity index (χ2n) is 7.73. The van der Waals surface area contributed by atoms with Gasteiger partial charge in [-0.1, -0.05) is 11.2 Å². The van der Waals surface area contributed by atoms with Crippen LogP contribution in [0.1, 0.15) is 29.2 Å². The summed E-state index contributed by atoms with van der Waals surface area (Å²) in [5, 5.41) is 8.69. The van der Waals surface area contributed by atoms with Crippen LogP contribution in [-0.4, -0.2) is 44.0 Å². The Bertz CT molecular complexity index is 1230. The van der Waals surface area contributed by atoms with Crippen molar-refractivity contribution in [2.24, 2.45) is 5.92 Å². The van der Waals surface area contributed by atoms with Crippen LogP contribution in [0.2, 0.25) is 0 Å². The molecule has 33 heavy (non-hydrogen) atoms. The van der Waals surface area contributed by atoms with Crippen LogP contribution in [0.5, 0.6) is 5.75 Å². The number of ether oxygens (including phenoxy) is 1. The minimum Gasteiger partial charge on any atom is -0.497 e. The van der Waals surface area contributed by atoms with E-state index in [0.717, 1.165) is 4.88 Å². The predicted octanol–water partition coefficient (Wildman–Crippen LogP) is 4.26. The largest absolute Gasteiger partial charge is 0.497 e. The van der Waals surface area contributed by atoms with Crippen LogP contribution in [0.4, 0.5) is 5.69 Å². The first kappa shape index (κ1) is 23.2. The Morgan fingerprint density at radius 1 is 1.27 bits per heavy atom. The highest BCUT2D eigenvalue weighted by atomic mass is 32.2. The van der Waals surface area contributed by atoms with Crippen molar-refractivity contribution in [2.75, 3.05) is 25.5 Å². The number of methoxy groups -OCH3 is 1. The number of sulfonamides is 1. The number of hydrogen-bond donors (Lipinski definition) is 1. The van der Waals surface area contributed by atoms with Gasteiger partial charge in [0.1, 0.15) is 11.4 Å². The summed E-state index contributed by atoms with van der Waals surface area (Å²) in [7, 11) is -2.31. The number of nitrogens with zero attached hydrogens (tertiary/aromatic N) is 2. The van der Waals surface area contributed by atoms with Crippen molar-refractivity contribution in [1.29, 1.82) is 0 Å². The molecule has 4 rings (SSSR count). The lowest BCUT2D eigenvalue weighted by Gasteiger charge is -2.31. The molecule has 3 heterocycles. The topological polar surface area (TPSA) is 102 Å². The Morgan fingerprint density at radius 3 is 2.76 bits per heavy atom. The highest BCUT2D eigenvalue weighted by Crippen LogP contribution is 2.30. The summed E-state index contributed by atoms with van der Waals surface area (Å²) < 4.78 is 38.8. The molecule has 0 aliphatic carbocycles. The number of carbonyl (C=O) groups excluding carboxylic acids is 1. The molecule has 174 valence electrons. The summed E-state index contributed by atoms with van der Waals surface area (Å²) in [6.45, 7) is 2.05. The van der Waals surface area contributed by atoms with E-state index < -0.39 is 15.9 Å². The molecule has 0 spiro atoms. The molecule has 1 aliphatic rings. The standard InChI is InChI=1S/C23H25N3O5S2/c1-16-22(21(31-25-16)12-11-20-6-4-14-32-20)33(28,29)26-13-3-5-17(15-26)23(27)24-18-7-9-19(30-2)10-8-18/h4,6-12,14,17H,3,5,13,15H2,1-2H3,(H,24,27)/b12-11+/t17-/m1/s1. The second kappa shape index (κ2) is 9.90. The first-order chi connectivity index (χ1) is 15.9. The van der Waals surface area contributed by atoms with Gasteiger partial charge in [0.15, 0.2) is 10.7 Å². The Hall–Kier alpha value is -2.95. The Kier molecular flexibility index (Phi) is 6.96. The lowest BCUT2D eigenvalue weighted by molar-refractivity contribution is -0.120. The molecule has 1 aliphatic heterocycles. The molecule has 8 nitrogen and oxygen atoms in total. The van der Waals surface area contributed by atoms with Crippen LogP contribution in [0.15, 0.2) is 51.2 Å². The van der Waals surface area contributed by atoms with E-state index in [-0.39, 0.29) is 23.1 Å². The number of carbonyl (C=O) groups is 1. The van der Waals surface area contributed by atoms with Crippen LogP contribution in [0.3, 0.4) is 0 Å². The van der Waals surface area contributed by atoms with E-state index in [1.807, 2.05) is 17.5 Å². The number of thiophene rings is 1. The third-order valence-corrected chi connectivity index (χ3v) is 8.35. The van der Waals surface area contributed by atoms with Gasteiger partial charge in [0.05, 0.1) is 13.0 Å². The van der Waals surface area contributed by atoms with Gasteiger partial charge in [-0.2, -0.15) is 4.31 Å². The minimum atomic E-state index is -3.89. The molecule has 1 amide bonds. The Labute approximate surface area is 196 Å². The molecular weight excluding hydrogens is 462 g/mol. The molecule has 1 aromatic carbocycles. The zero-order valence-corrected chi connectivity index (χ0v) is 20.0. The van der Waals surface area contributed by atoms with E-state index in [4.69, 9.17) is 9.26 Å². The monoisotopic (exact) mass is 487 g/mol. The maximum Gasteiger partial charge on any atom is 0.248 e. The van der Waals surface area contributed by atoms with Crippen molar-refractivity contribution < 1.29 is 22.5 Å². The molecule has 1 N–H and O–H groups in total. The third kappa shape index (κ3) is 5.18. The first-order valence-electron chi connectivity index (χ1n) is 10.5. The van der Waals surface area contributed by atoms with Gasteiger partial charge in [-0.25, -0.2) is 8.42 Å². The van der Waals surface area contributed by atoms with Crippen molar-refractivity contribution in [3.05, 3.63) is 58.1 Å². The number of piperidine rings is 1. The molecule has 0 saturated carbocycles.